The highest BCUT2D eigenvalue weighted by Gasteiger charge is 2.01. The summed E-state index contributed by atoms with van der Waals surface area (Å²) >= 11 is 0. The minimum Gasteiger partial charge on any atom is -0.489 e. The first-order valence-electron chi connectivity index (χ1n) is 9.82. The zero-order valence-corrected chi connectivity index (χ0v) is 16.5. The number of amides is 1. The van der Waals surface area contributed by atoms with Crippen molar-refractivity contribution in [2.24, 2.45) is 0 Å². The molecule has 3 aromatic carbocycles. The van der Waals surface area contributed by atoms with Crippen LogP contribution in [0.25, 0.3) is 16.8 Å². The summed E-state index contributed by atoms with van der Waals surface area (Å²) in [6.45, 7) is 0.935. The zero-order valence-electron chi connectivity index (χ0n) is 16.5. The second-order valence-corrected chi connectivity index (χ2v) is 6.91. The number of carbonyl (C=O) groups excluding carboxylic acids is 1. The Morgan fingerprint density at radius 2 is 1.73 bits per heavy atom. The summed E-state index contributed by atoms with van der Waals surface area (Å²) in [4.78, 5) is 16.3. The van der Waals surface area contributed by atoms with E-state index in [1.165, 1.54) is 0 Å². The number of hydrogen-bond donors (Lipinski definition) is 1. The van der Waals surface area contributed by atoms with E-state index >= 15 is 0 Å². The number of ether oxygens (including phenoxy) is 1. The maximum absolute atomic E-state index is 12.2. The third-order valence-electron chi connectivity index (χ3n) is 4.76. The molecule has 0 fully saturated rings. The lowest BCUT2D eigenvalue weighted by molar-refractivity contribution is -0.116. The van der Waals surface area contributed by atoms with Crippen molar-refractivity contribution in [3.63, 3.8) is 0 Å². The molecular weight excluding hydrogens is 372 g/mol. The Morgan fingerprint density at radius 1 is 0.900 bits per heavy atom. The lowest BCUT2D eigenvalue weighted by Gasteiger charge is -2.07. The highest BCUT2D eigenvalue weighted by molar-refractivity contribution is 5.96. The SMILES string of the molecule is O=C(/C=C/c1cccc2ccccc12)NCc1ccc(OCc2cccnc2)cc1. The summed E-state index contributed by atoms with van der Waals surface area (Å²) < 4.78 is 5.76. The van der Waals surface area contributed by atoms with Gasteiger partial charge in [-0.2, -0.15) is 0 Å². The van der Waals surface area contributed by atoms with Gasteiger partial charge in [-0.1, -0.05) is 60.7 Å². The van der Waals surface area contributed by atoms with Gasteiger partial charge >= 0.3 is 0 Å². The second kappa shape index (κ2) is 9.52. The number of nitrogens with zero attached hydrogens (tertiary/aromatic N) is 1. The summed E-state index contributed by atoms with van der Waals surface area (Å²) in [5.41, 5.74) is 3.06. The topological polar surface area (TPSA) is 51.2 Å². The average molecular weight is 394 g/mol. The van der Waals surface area contributed by atoms with Gasteiger partial charge in [0.1, 0.15) is 12.4 Å². The van der Waals surface area contributed by atoms with E-state index in [4.69, 9.17) is 4.74 Å². The quantitative estimate of drug-likeness (QED) is 0.442. The summed E-state index contributed by atoms with van der Waals surface area (Å²) in [5.74, 6) is 0.657. The molecule has 1 aromatic heterocycles. The van der Waals surface area contributed by atoms with Gasteiger partial charge in [-0.15, -0.1) is 0 Å². The molecule has 0 saturated carbocycles. The summed E-state index contributed by atoms with van der Waals surface area (Å²) in [7, 11) is 0. The molecular formula is C26H22N2O2. The first-order chi connectivity index (χ1) is 14.8. The van der Waals surface area contributed by atoms with Gasteiger partial charge in [-0.25, -0.2) is 0 Å². The van der Waals surface area contributed by atoms with Crippen molar-refractivity contribution in [2.45, 2.75) is 13.2 Å². The van der Waals surface area contributed by atoms with E-state index in [2.05, 4.69) is 28.5 Å². The number of rotatable bonds is 7. The standard InChI is InChI=1S/C26H22N2O2/c29-26(15-12-23-8-3-7-22-6-1-2-9-25(22)23)28-18-20-10-13-24(14-11-20)30-19-21-5-4-16-27-17-21/h1-17H,18-19H2,(H,28,29)/b15-12+. The van der Waals surface area contributed by atoms with Gasteiger partial charge in [-0.3, -0.25) is 9.78 Å². The lowest BCUT2D eigenvalue weighted by Crippen LogP contribution is -2.20. The number of hydrogen-bond acceptors (Lipinski definition) is 3. The molecule has 0 aliphatic heterocycles. The number of nitrogens with one attached hydrogen (secondary N) is 1. The van der Waals surface area contributed by atoms with Crippen molar-refractivity contribution in [2.75, 3.05) is 0 Å². The van der Waals surface area contributed by atoms with Crippen molar-refractivity contribution < 1.29 is 9.53 Å². The van der Waals surface area contributed by atoms with Gasteiger partial charge in [-0.05, 0) is 46.2 Å². The number of benzene rings is 3. The molecule has 0 bridgehead atoms. The van der Waals surface area contributed by atoms with Crippen LogP contribution in [0.5, 0.6) is 5.75 Å². The van der Waals surface area contributed by atoms with E-state index in [0.717, 1.165) is 33.2 Å². The van der Waals surface area contributed by atoms with Gasteiger partial charge in [0.05, 0.1) is 0 Å². The lowest BCUT2D eigenvalue weighted by atomic mass is 10.0. The predicted octanol–water partition coefficient (Wildman–Crippen LogP) is 5.14. The predicted molar refractivity (Wildman–Crippen MR) is 120 cm³/mol. The van der Waals surface area contributed by atoms with E-state index in [9.17, 15) is 4.79 Å². The molecule has 1 N–H and O–H groups in total. The largest absolute Gasteiger partial charge is 0.489 e. The van der Waals surface area contributed by atoms with E-state index in [1.54, 1.807) is 18.5 Å². The molecule has 0 atom stereocenters. The highest BCUT2D eigenvalue weighted by Crippen LogP contribution is 2.19. The van der Waals surface area contributed by atoms with Gasteiger partial charge in [0.25, 0.3) is 0 Å². The Morgan fingerprint density at radius 3 is 2.57 bits per heavy atom. The monoisotopic (exact) mass is 394 g/mol. The Balaban J connectivity index is 1.30. The molecule has 1 heterocycles. The van der Waals surface area contributed by atoms with Crippen LogP contribution >= 0.6 is 0 Å². The van der Waals surface area contributed by atoms with Crippen LogP contribution < -0.4 is 10.1 Å². The van der Waals surface area contributed by atoms with Crippen molar-refractivity contribution >= 4 is 22.8 Å². The van der Waals surface area contributed by atoms with Crippen molar-refractivity contribution in [3.05, 3.63) is 114 Å². The molecule has 1 amide bonds. The number of fused-ring (bicyclic) bond motifs is 1. The molecule has 0 saturated heterocycles. The van der Waals surface area contributed by atoms with Gasteiger partial charge in [0, 0.05) is 30.6 Å². The fourth-order valence-electron chi connectivity index (χ4n) is 3.16. The fraction of sp³-hybridized carbons (Fsp3) is 0.0769. The van der Waals surface area contributed by atoms with Crippen molar-refractivity contribution in [1.29, 1.82) is 0 Å². The van der Waals surface area contributed by atoms with E-state index in [0.29, 0.717) is 13.2 Å². The molecule has 0 aliphatic rings. The molecule has 4 heteroatoms. The maximum atomic E-state index is 12.2. The van der Waals surface area contributed by atoms with Crippen LogP contribution in [0.3, 0.4) is 0 Å². The highest BCUT2D eigenvalue weighted by atomic mass is 16.5. The minimum atomic E-state index is -0.125. The Hall–Kier alpha value is -3.92. The molecule has 0 radical (unpaired) electrons. The van der Waals surface area contributed by atoms with Crippen LogP contribution in [-0.2, 0) is 17.9 Å². The molecule has 0 unspecified atom stereocenters. The van der Waals surface area contributed by atoms with Crippen LogP contribution in [0, 0.1) is 0 Å². The van der Waals surface area contributed by atoms with Crippen LogP contribution in [0.15, 0.2) is 97.3 Å². The Kier molecular flexibility index (Phi) is 6.16. The van der Waals surface area contributed by atoms with Gasteiger partial charge in [0.2, 0.25) is 5.91 Å². The van der Waals surface area contributed by atoms with Crippen LogP contribution in [0.4, 0.5) is 0 Å². The summed E-state index contributed by atoms with van der Waals surface area (Å²) in [6.07, 6.45) is 6.96. The van der Waals surface area contributed by atoms with Crippen LogP contribution in [0.1, 0.15) is 16.7 Å². The third kappa shape index (κ3) is 5.11. The fourth-order valence-corrected chi connectivity index (χ4v) is 3.16. The normalized spacial score (nSPS) is 10.9. The Labute approximate surface area is 175 Å². The molecule has 4 nitrogen and oxygen atoms in total. The van der Waals surface area contributed by atoms with Crippen molar-refractivity contribution in [3.8, 4) is 5.75 Å². The van der Waals surface area contributed by atoms with Crippen LogP contribution in [0.2, 0.25) is 0 Å². The smallest absolute Gasteiger partial charge is 0.244 e. The van der Waals surface area contributed by atoms with E-state index in [-0.39, 0.29) is 5.91 Å². The first-order valence-corrected chi connectivity index (χ1v) is 9.82. The Bertz CT molecular complexity index is 1150. The number of pyridine rings is 1. The van der Waals surface area contributed by atoms with Crippen molar-refractivity contribution in [1.82, 2.24) is 10.3 Å². The van der Waals surface area contributed by atoms with Gasteiger partial charge in [0.15, 0.2) is 0 Å². The van der Waals surface area contributed by atoms with Gasteiger partial charge < -0.3 is 10.1 Å². The molecule has 4 aromatic rings. The molecule has 0 spiro atoms. The molecule has 30 heavy (non-hydrogen) atoms. The summed E-state index contributed by atoms with van der Waals surface area (Å²) in [6, 6.07) is 25.8. The molecule has 0 aliphatic carbocycles. The zero-order chi connectivity index (χ0) is 20.6. The maximum Gasteiger partial charge on any atom is 0.244 e. The summed E-state index contributed by atoms with van der Waals surface area (Å²) in [5, 5.41) is 5.21. The first kappa shape index (κ1) is 19.4. The number of carbonyl (C=O) groups is 1. The second-order valence-electron chi connectivity index (χ2n) is 6.91. The van der Waals surface area contributed by atoms with Crippen LogP contribution in [-0.4, -0.2) is 10.9 Å². The number of aromatic nitrogens is 1. The third-order valence-corrected chi connectivity index (χ3v) is 4.76. The average Bonchev–Trinajstić information content (AvgIpc) is 2.81. The minimum absolute atomic E-state index is 0.125. The van der Waals surface area contributed by atoms with E-state index in [1.807, 2.05) is 66.7 Å². The molecule has 4 rings (SSSR count). The van der Waals surface area contributed by atoms with E-state index < -0.39 is 0 Å². The molecule has 148 valence electrons.